The lowest BCUT2D eigenvalue weighted by molar-refractivity contribution is 0.266. The van der Waals surface area contributed by atoms with E-state index in [9.17, 15) is 0 Å². The zero-order valence-corrected chi connectivity index (χ0v) is 8.17. The summed E-state index contributed by atoms with van der Waals surface area (Å²) in [6, 6.07) is 2.33. The zero-order valence-electron chi connectivity index (χ0n) is 7.36. The third kappa shape index (κ3) is 0.876. The summed E-state index contributed by atoms with van der Waals surface area (Å²) in [7, 11) is 0. The third-order valence-corrected chi connectivity index (χ3v) is 3.82. The first-order valence-corrected chi connectivity index (χ1v) is 5.14. The van der Waals surface area contributed by atoms with Gasteiger partial charge in [0.05, 0.1) is 18.1 Å². The fraction of sp³-hybridized carbons (Fsp3) is 0.625. The molecule has 0 bridgehead atoms. The van der Waals surface area contributed by atoms with E-state index in [1.165, 1.54) is 11.3 Å². The third-order valence-electron chi connectivity index (χ3n) is 3.15. The summed E-state index contributed by atoms with van der Waals surface area (Å²) in [5.74, 6) is 0. The summed E-state index contributed by atoms with van der Waals surface area (Å²) in [6.07, 6.45) is 1.95. The smallest absolute Gasteiger partial charge is 0.295 e. The van der Waals surface area contributed by atoms with Crippen molar-refractivity contribution in [3.05, 3.63) is 0 Å². The molecule has 0 radical (unpaired) electrons. The lowest BCUT2D eigenvalue weighted by Crippen LogP contribution is -2.04. The van der Waals surface area contributed by atoms with Crippen LogP contribution >= 0.6 is 11.3 Å². The number of hydrogen-bond donors (Lipinski definition) is 1. The molecule has 2 saturated carbocycles. The first-order chi connectivity index (χ1) is 6.70. The van der Waals surface area contributed by atoms with Gasteiger partial charge >= 0.3 is 0 Å². The number of fused-ring (bicyclic) bond motifs is 1. The molecule has 0 amide bonds. The van der Waals surface area contributed by atoms with Crippen molar-refractivity contribution in [1.29, 1.82) is 5.26 Å². The van der Waals surface area contributed by atoms with Gasteiger partial charge in [-0.05, 0) is 24.2 Å². The summed E-state index contributed by atoms with van der Waals surface area (Å²) in [6.45, 7) is 0.579. The van der Waals surface area contributed by atoms with Gasteiger partial charge < -0.3 is 10.5 Å². The van der Waals surface area contributed by atoms with E-state index in [-0.39, 0.29) is 10.8 Å². The van der Waals surface area contributed by atoms with Crippen molar-refractivity contribution in [1.82, 2.24) is 10.2 Å². The molecular weight excluding hydrogens is 200 g/mol. The summed E-state index contributed by atoms with van der Waals surface area (Å²) in [5, 5.41) is 17.1. The second kappa shape index (κ2) is 2.17. The van der Waals surface area contributed by atoms with Gasteiger partial charge in [0.2, 0.25) is 5.13 Å². The highest BCUT2D eigenvalue weighted by Gasteiger charge is 2.84. The summed E-state index contributed by atoms with van der Waals surface area (Å²) in [4.78, 5) is 0. The van der Waals surface area contributed by atoms with Crippen LogP contribution in [0, 0.1) is 22.2 Å². The Hall–Kier alpha value is -1.35. The summed E-state index contributed by atoms with van der Waals surface area (Å²) >= 11 is 1.23. The Morgan fingerprint density at radius 1 is 1.57 bits per heavy atom. The van der Waals surface area contributed by atoms with Crippen molar-refractivity contribution in [3.8, 4) is 11.3 Å². The van der Waals surface area contributed by atoms with E-state index in [0.717, 1.165) is 12.8 Å². The van der Waals surface area contributed by atoms with E-state index in [1.807, 2.05) is 0 Å². The minimum Gasteiger partial charge on any atom is -0.468 e. The molecule has 2 fully saturated rings. The molecule has 1 heterocycles. The van der Waals surface area contributed by atoms with Crippen LogP contribution < -0.4 is 10.5 Å². The van der Waals surface area contributed by atoms with Crippen LogP contribution in [0.3, 0.4) is 0 Å². The number of nitriles is 1. The molecule has 3 rings (SSSR count). The van der Waals surface area contributed by atoms with Crippen molar-refractivity contribution in [2.24, 2.45) is 10.8 Å². The van der Waals surface area contributed by atoms with E-state index in [1.54, 1.807) is 0 Å². The Bertz CT molecular complexity index is 429. The quantitative estimate of drug-likeness (QED) is 0.794. The van der Waals surface area contributed by atoms with E-state index in [2.05, 4.69) is 16.3 Å². The predicted octanol–water partition coefficient (Wildman–Crippen LogP) is 0.803. The van der Waals surface area contributed by atoms with Crippen LogP contribution in [0.5, 0.6) is 5.19 Å². The molecule has 0 spiro atoms. The number of nitrogen functional groups attached to an aromatic ring is 1. The van der Waals surface area contributed by atoms with Gasteiger partial charge in [0.25, 0.3) is 5.19 Å². The Kier molecular flexibility index (Phi) is 1.24. The minimum atomic E-state index is -0.0523. The second-order valence-corrected chi connectivity index (χ2v) is 4.99. The molecular formula is C8H8N4OS. The van der Waals surface area contributed by atoms with Crippen LogP contribution in [0.4, 0.5) is 5.13 Å². The Labute approximate surface area is 84.5 Å². The first-order valence-electron chi connectivity index (χ1n) is 4.33. The van der Waals surface area contributed by atoms with Gasteiger partial charge in [0, 0.05) is 5.41 Å². The van der Waals surface area contributed by atoms with Crippen molar-refractivity contribution in [2.75, 3.05) is 12.3 Å². The highest BCUT2D eigenvalue weighted by molar-refractivity contribution is 7.16. The molecule has 2 aliphatic rings. The fourth-order valence-corrected chi connectivity index (χ4v) is 2.39. The van der Waals surface area contributed by atoms with Gasteiger partial charge in [-0.15, -0.1) is 5.10 Å². The van der Waals surface area contributed by atoms with Crippen LogP contribution in [-0.4, -0.2) is 16.8 Å². The predicted molar refractivity (Wildman–Crippen MR) is 49.5 cm³/mol. The lowest BCUT2D eigenvalue weighted by Gasteiger charge is -2.01. The SMILES string of the molecule is N#CC12CC1(COc1nnc(N)s1)C2. The molecule has 1 aromatic heterocycles. The summed E-state index contributed by atoms with van der Waals surface area (Å²) < 4.78 is 5.44. The number of rotatable bonds is 3. The minimum absolute atomic E-state index is 0.0523. The number of nitrogens with zero attached hydrogens (tertiary/aromatic N) is 3. The average molecular weight is 208 g/mol. The van der Waals surface area contributed by atoms with Crippen LogP contribution in [0.25, 0.3) is 0 Å². The number of ether oxygens (including phenoxy) is 1. The van der Waals surface area contributed by atoms with Crippen LogP contribution in [0.1, 0.15) is 12.8 Å². The standard InChI is InChI=1S/C8H8N4OS/c9-3-7-1-8(7,2-7)4-13-6-12-11-5(10)14-6/h1-2,4H2,(H2,10,11). The Morgan fingerprint density at radius 3 is 2.86 bits per heavy atom. The maximum Gasteiger partial charge on any atom is 0.295 e. The number of nitrogens with two attached hydrogens (primary N) is 1. The monoisotopic (exact) mass is 208 g/mol. The normalized spacial score (nSPS) is 37.1. The van der Waals surface area contributed by atoms with Gasteiger partial charge in [-0.2, -0.15) is 5.26 Å². The number of anilines is 1. The highest BCUT2D eigenvalue weighted by Crippen LogP contribution is 2.85. The largest absolute Gasteiger partial charge is 0.468 e. The maximum absolute atomic E-state index is 8.82. The van der Waals surface area contributed by atoms with Gasteiger partial charge in [0.15, 0.2) is 0 Å². The van der Waals surface area contributed by atoms with E-state index in [0.29, 0.717) is 16.9 Å². The molecule has 2 N–H and O–H groups in total. The van der Waals surface area contributed by atoms with E-state index in [4.69, 9.17) is 15.7 Å². The molecule has 14 heavy (non-hydrogen) atoms. The van der Waals surface area contributed by atoms with Crippen LogP contribution in [0.15, 0.2) is 0 Å². The molecule has 0 aliphatic heterocycles. The van der Waals surface area contributed by atoms with Crippen molar-refractivity contribution < 1.29 is 4.74 Å². The Balaban J connectivity index is 1.60. The molecule has 72 valence electrons. The highest BCUT2D eigenvalue weighted by atomic mass is 32.1. The van der Waals surface area contributed by atoms with Crippen LogP contribution in [-0.2, 0) is 0 Å². The Morgan fingerprint density at radius 2 is 2.36 bits per heavy atom. The van der Waals surface area contributed by atoms with Crippen molar-refractivity contribution in [2.45, 2.75) is 12.8 Å². The molecule has 2 aliphatic carbocycles. The van der Waals surface area contributed by atoms with Crippen molar-refractivity contribution >= 4 is 16.5 Å². The molecule has 1 aromatic rings. The average Bonchev–Trinajstić information content (AvgIpc) is 2.89. The maximum atomic E-state index is 8.82. The second-order valence-electron chi connectivity index (χ2n) is 4.02. The summed E-state index contributed by atoms with van der Waals surface area (Å²) in [5.41, 5.74) is 5.50. The van der Waals surface area contributed by atoms with Crippen LogP contribution in [0.2, 0.25) is 0 Å². The molecule has 0 aromatic carbocycles. The molecule has 5 nitrogen and oxygen atoms in total. The van der Waals surface area contributed by atoms with Gasteiger partial charge in [0.1, 0.15) is 0 Å². The lowest BCUT2D eigenvalue weighted by atomic mass is 10.2. The number of hydrogen-bond acceptors (Lipinski definition) is 6. The molecule has 0 unspecified atom stereocenters. The molecule has 0 atom stereocenters. The van der Waals surface area contributed by atoms with E-state index >= 15 is 0 Å². The molecule has 0 saturated heterocycles. The molecule has 6 heteroatoms. The van der Waals surface area contributed by atoms with Gasteiger partial charge in [-0.1, -0.05) is 5.10 Å². The fourth-order valence-electron chi connectivity index (χ4n) is 1.93. The van der Waals surface area contributed by atoms with E-state index < -0.39 is 0 Å². The topological polar surface area (TPSA) is 84.8 Å². The van der Waals surface area contributed by atoms with Crippen molar-refractivity contribution in [3.63, 3.8) is 0 Å². The zero-order chi connectivity index (χ0) is 9.81. The van der Waals surface area contributed by atoms with Gasteiger partial charge in [-0.3, -0.25) is 0 Å². The van der Waals surface area contributed by atoms with Gasteiger partial charge in [-0.25, -0.2) is 0 Å². The first kappa shape index (κ1) is 8.00. The number of aromatic nitrogens is 2.